The second-order valence-corrected chi connectivity index (χ2v) is 7.58. The van der Waals surface area contributed by atoms with Crippen LogP contribution in [0.2, 0.25) is 0 Å². The predicted molar refractivity (Wildman–Crippen MR) is 104 cm³/mol. The molecule has 0 N–H and O–H groups in total. The van der Waals surface area contributed by atoms with Crippen molar-refractivity contribution >= 4 is 11.8 Å². The van der Waals surface area contributed by atoms with E-state index in [4.69, 9.17) is 0 Å². The van der Waals surface area contributed by atoms with Crippen molar-refractivity contribution in [2.45, 2.75) is 38.9 Å². The minimum atomic E-state index is -0.204. The molecule has 0 spiro atoms. The number of nitrogens with zero attached hydrogens (tertiary/aromatic N) is 5. The zero-order chi connectivity index (χ0) is 18.7. The summed E-state index contributed by atoms with van der Waals surface area (Å²) in [6.45, 7) is 6.96. The number of thioether (sulfide) groups is 1. The monoisotopic (exact) mass is 369 g/mol. The molecule has 2 heterocycles. The lowest BCUT2D eigenvalue weighted by atomic mass is 10.1. The predicted octanol–water partition coefficient (Wildman–Crippen LogP) is 2.74. The van der Waals surface area contributed by atoms with Crippen LogP contribution in [0, 0.1) is 13.8 Å². The molecule has 0 aliphatic rings. The average Bonchev–Trinajstić information content (AvgIpc) is 3.00. The van der Waals surface area contributed by atoms with E-state index in [-0.39, 0.29) is 5.56 Å². The number of aryl methyl sites for hydroxylation is 3. The highest BCUT2D eigenvalue weighted by atomic mass is 32.2. The van der Waals surface area contributed by atoms with Crippen LogP contribution in [0.3, 0.4) is 0 Å². The molecular weight excluding hydrogens is 346 g/mol. The van der Waals surface area contributed by atoms with Gasteiger partial charge in [-0.3, -0.25) is 9.48 Å². The van der Waals surface area contributed by atoms with Crippen LogP contribution < -0.4 is 5.56 Å². The van der Waals surface area contributed by atoms with Crippen molar-refractivity contribution in [1.29, 1.82) is 0 Å². The summed E-state index contributed by atoms with van der Waals surface area (Å²) in [6, 6.07) is 6.45. The summed E-state index contributed by atoms with van der Waals surface area (Å²) >= 11 is 1.58. The van der Waals surface area contributed by atoms with Crippen LogP contribution in [0.25, 0.3) is 0 Å². The topological polar surface area (TPSA) is 65.6 Å². The molecule has 0 amide bonds. The average molecular weight is 369 g/mol. The third kappa shape index (κ3) is 4.22. The highest BCUT2D eigenvalue weighted by molar-refractivity contribution is 7.99. The van der Waals surface area contributed by atoms with Crippen LogP contribution in [0.1, 0.15) is 35.0 Å². The summed E-state index contributed by atoms with van der Waals surface area (Å²) in [6.07, 6.45) is 3.92. The van der Waals surface area contributed by atoms with E-state index in [9.17, 15) is 4.79 Å². The summed E-state index contributed by atoms with van der Waals surface area (Å²) in [5, 5.41) is 5.01. The summed E-state index contributed by atoms with van der Waals surface area (Å²) in [4.78, 5) is 21.0. The lowest BCUT2D eigenvalue weighted by molar-refractivity contribution is 0.651. The van der Waals surface area contributed by atoms with Crippen LogP contribution in [0.5, 0.6) is 0 Å². The Labute approximate surface area is 157 Å². The van der Waals surface area contributed by atoms with Gasteiger partial charge in [0.15, 0.2) is 11.0 Å². The lowest BCUT2D eigenvalue weighted by Gasteiger charge is -2.14. The molecular formula is C19H23N5OS. The summed E-state index contributed by atoms with van der Waals surface area (Å²) < 4.78 is 3.69. The maximum atomic E-state index is 12.4. The molecule has 0 radical (unpaired) electrons. The number of hydrogen-bond donors (Lipinski definition) is 0. The minimum absolute atomic E-state index is 0.204. The van der Waals surface area contributed by atoms with Crippen LogP contribution in [0.4, 0.5) is 0 Å². The van der Waals surface area contributed by atoms with Crippen molar-refractivity contribution in [3.05, 3.63) is 69.2 Å². The molecule has 3 aromatic rings. The van der Waals surface area contributed by atoms with Crippen molar-refractivity contribution in [1.82, 2.24) is 24.3 Å². The van der Waals surface area contributed by atoms with Gasteiger partial charge in [0.2, 0.25) is 0 Å². The molecule has 0 aliphatic heterocycles. The second kappa shape index (κ2) is 7.86. The van der Waals surface area contributed by atoms with Gasteiger partial charge in [-0.15, -0.1) is 0 Å². The van der Waals surface area contributed by atoms with E-state index in [2.05, 4.69) is 58.6 Å². The van der Waals surface area contributed by atoms with E-state index in [1.807, 2.05) is 13.2 Å². The molecule has 2 aromatic heterocycles. The molecule has 0 bridgehead atoms. The molecule has 1 aromatic carbocycles. The molecule has 3 rings (SSSR count). The van der Waals surface area contributed by atoms with Gasteiger partial charge in [0.05, 0.1) is 0 Å². The normalized spacial score (nSPS) is 11.1. The van der Waals surface area contributed by atoms with E-state index in [0.717, 1.165) is 10.9 Å². The van der Waals surface area contributed by atoms with Gasteiger partial charge in [-0.2, -0.15) is 10.1 Å². The largest absolute Gasteiger partial charge is 0.323 e. The SMILES string of the molecule is CCSc1nc(=O)c(Cc2ncn(C)n2)cn1Cc1ccc(C)c(C)c1. The first-order chi connectivity index (χ1) is 12.5. The Morgan fingerprint density at radius 1 is 1.19 bits per heavy atom. The Bertz CT molecular complexity index is 976. The van der Waals surface area contributed by atoms with Crippen molar-refractivity contribution in [3.63, 3.8) is 0 Å². The Balaban J connectivity index is 1.96. The molecule has 0 atom stereocenters. The molecule has 26 heavy (non-hydrogen) atoms. The highest BCUT2D eigenvalue weighted by Crippen LogP contribution is 2.18. The van der Waals surface area contributed by atoms with Crippen molar-refractivity contribution in [2.75, 3.05) is 5.75 Å². The molecule has 7 heteroatoms. The van der Waals surface area contributed by atoms with Gasteiger partial charge >= 0.3 is 0 Å². The van der Waals surface area contributed by atoms with Crippen molar-refractivity contribution in [2.24, 2.45) is 7.05 Å². The van der Waals surface area contributed by atoms with E-state index in [0.29, 0.717) is 24.4 Å². The van der Waals surface area contributed by atoms with Gasteiger partial charge in [-0.25, -0.2) is 4.98 Å². The van der Waals surface area contributed by atoms with Gasteiger partial charge in [0.1, 0.15) is 6.33 Å². The maximum absolute atomic E-state index is 12.4. The maximum Gasteiger partial charge on any atom is 0.277 e. The standard InChI is InChI=1S/C19H23N5OS/c1-5-26-19-21-18(25)16(9-17-20-12-23(4)22-17)11-24(19)10-15-7-6-13(2)14(3)8-15/h6-8,11-12H,5,9-10H2,1-4H3. The third-order valence-corrected chi connectivity index (χ3v) is 5.10. The molecule has 6 nitrogen and oxygen atoms in total. The zero-order valence-electron chi connectivity index (χ0n) is 15.6. The zero-order valence-corrected chi connectivity index (χ0v) is 16.4. The first-order valence-electron chi connectivity index (χ1n) is 8.60. The first kappa shape index (κ1) is 18.4. The Kier molecular flexibility index (Phi) is 5.56. The fraction of sp³-hybridized carbons (Fsp3) is 0.368. The van der Waals surface area contributed by atoms with Crippen LogP contribution >= 0.6 is 11.8 Å². The highest BCUT2D eigenvalue weighted by Gasteiger charge is 2.12. The van der Waals surface area contributed by atoms with Gasteiger partial charge in [0, 0.05) is 31.8 Å². The van der Waals surface area contributed by atoms with E-state index in [1.165, 1.54) is 16.7 Å². The van der Waals surface area contributed by atoms with Gasteiger partial charge < -0.3 is 4.57 Å². The van der Waals surface area contributed by atoms with Crippen molar-refractivity contribution < 1.29 is 0 Å². The summed E-state index contributed by atoms with van der Waals surface area (Å²) in [5.41, 5.74) is 4.14. The van der Waals surface area contributed by atoms with Gasteiger partial charge in [-0.05, 0) is 36.3 Å². The molecule has 0 unspecified atom stereocenters. The van der Waals surface area contributed by atoms with E-state index >= 15 is 0 Å². The van der Waals surface area contributed by atoms with E-state index < -0.39 is 0 Å². The Hall–Kier alpha value is -2.41. The lowest BCUT2D eigenvalue weighted by Crippen LogP contribution is -2.20. The molecule has 0 fully saturated rings. The Morgan fingerprint density at radius 2 is 2.00 bits per heavy atom. The molecule has 0 saturated heterocycles. The van der Waals surface area contributed by atoms with Gasteiger partial charge in [-0.1, -0.05) is 36.9 Å². The quantitative estimate of drug-likeness (QED) is 0.494. The summed E-state index contributed by atoms with van der Waals surface area (Å²) in [5.74, 6) is 1.49. The van der Waals surface area contributed by atoms with Crippen molar-refractivity contribution in [3.8, 4) is 0 Å². The number of hydrogen-bond acceptors (Lipinski definition) is 5. The fourth-order valence-electron chi connectivity index (χ4n) is 2.73. The number of aromatic nitrogens is 5. The van der Waals surface area contributed by atoms with Crippen LogP contribution in [-0.2, 0) is 20.0 Å². The second-order valence-electron chi connectivity index (χ2n) is 6.34. The third-order valence-electron chi connectivity index (χ3n) is 4.22. The number of benzene rings is 1. The molecule has 136 valence electrons. The van der Waals surface area contributed by atoms with Crippen LogP contribution in [0.15, 0.2) is 40.7 Å². The van der Waals surface area contributed by atoms with E-state index in [1.54, 1.807) is 22.8 Å². The Morgan fingerprint density at radius 3 is 2.65 bits per heavy atom. The minimum Gasteiger partial charge on any atom is -0.323 e. The molecule has 0 saturated carbocycles. The number of rotatable bonds is 6. The van der Waals surface area contributed by atoms with Gasteiger partial charge in [0.25, 0.3) is 5.56 Å². The molecule has 0 aliphatic carbocycles. The first-order valence-corrected chi connectivity index (χ1v) is 9.58. The summed E-state index contributed by atoms with van der Waals surface area (Å²) in [7, 11) is 1.81. The fourth-order valence-corrected chi connectivity index (χ4v) is 3.42. The van der Waals surface area contributed by atoms with Crippen LogP contribution in [-0.4, -0.2) is 30.1 Å². The smallest absolute Gasteiger partial charge is 0.277 e.